The minimum absolute atomic E-state index is 0.0919. The van der Waals surface area contributed by atoms with Crippen molar-refractivity contribution in [2.45, 2.75) is 6.42 Å². The molecule has 1 amide bonds. The van der Waals surface area contributed by atoms with Crippen LogP contribution >= 0.6 is 34.5 Å². The fourth-order valence-corrected chi connectivity index (χ4v) is 4.78. The normalized spacial score (nSPS) is 12.6. The van der Waals surface area contributed by atoms with Crippen LogP contribution in [-0.2, 0) is 6.42 Å². The molecule has 4 rings (SSSR count). The minimum atomic E-state index is -0.0919. The van der Waals surface area contributed by atoms with Crippen LogP contribution in [0.4, 0.5) is 5.69 Å². The topological polar surface area (TPSA) is 29.5 Å². The summed E-state index contributed by atoms with van der Waals surface area (Å²) in [4.78, 5) is 16.3. The summed E-state index contributed by atoms with van der Waals surface area (Å²) < 4.78 is 5.81. The maximum atomic E-state index is 13.0. The Bertz CT molecular complexity index is 999. The average Bonchev–Trinajstić information content (AvgIpc) is 2.97. The third-order valence-corrected chi connectivity index (χ3v) is 6.09. The van der Waals surface area contributed by atoms with Gasteiger partial charge in [-0.25, -0.2) is 0 Å². The van der Waals surface area contributed by atoms with Crippen molar-refractivity contribution in [2.24, 2.45) is 0 Å². The number of fused-ring (bicyclic) bond motifs is 3. The van der Waals surface area contributed by atoms with Crippen LogP contribution in [0.5, 0.6) is 5.75 Å². The molecule has 1 aliphatic heterocycles. The number of benzene rings is 2. The van der Waals surface area contributed by atoms with Crippen molar-refractivity contribution in [3.63, 3.8) is 0 Å². The molecular weight excluding hydrogens is 389 g/mol. The third-order valence-electron chi connectivity index (χ3n) is 4.36. The maximum absolute atomic E-state index is 13.0. The van der Waals surface area contributed by atoms with Crippen molar-refractivity contribution < 1.29 is 9.53 Å². The molecule has 0 saturated carbocycles. The van der Waals surface area contributed by atoms with Crippen LogP contribution in [0, 0.1) is 0 Å². The van der Waals surface area contributed by atoms with Gasteiger partial charge >= 0.3 is 0 Å². The molecule has 0 unspecified atom stereocenters. The van der Waals surface area contributed by atoms with Gasteiger partial charge in [-0.3, -0.25) is 4.79 Å². The van der Waals surface area contributed by atoms with Gasteiger partial charge in [-0.05, 0) is 42.0 Å². The van der Waals surface area contributed by atoms with Crippen LogP contribution in [0.25, 0.3) is 10.4 Å². The van der Waals surface area contributed by atoms with Crippen molar-refractivity contribution in [1.82, 2.24) is 0 Å². The van der Waals surface area contributed by atoms with E-state index in [-0.39, 0.29) is 5.91 Å². The molecule has 2 heterocycles. The van der Waals surface area contributed by atoms with E-state index in [0.29, 0.717) is 27.2 Å². The lowest BCUT2D eigenvalue weighted by atomic mass is 10.1. The van der Waals surface area contributed by atoms with E-state index < -0.39 is 0 Å². The number of thiophene rings is 1. The Morgan fingerprint density at radius 2 is 1.96 bits per heavy atom. The lowest BCUT2D eigenvalue weighted by Gasteiger charge is -2.18. The van der Waals surface area contributed by atoms with E-state index >= 15 is 0 Å². The zero-order valence-corrected chi connectivity index (χ0v) is 16.3. The van der Waals surface area contributed by atoms with Crippen molar-refractivity contribution >= 4 is 46.1 Å². The molecule has 0 radical (unpaired) electrons. The summed E-state index contributed by atoms with van der Waals surface area (Å²) in [6.07, 6.45) is 0.777. The van der Waals surface area contributed by atoms with E-state index in [1.54, 1.807) is 30.1 Å². The maximum Gasteiger partial charge on any atom is 0.268 e. The quantitative estimate of drug-likeness (QED) is 0.530. The van der Waals surface area contributed by atoms with Gasteiger partial charge in [0.15, 0.2) is 0 Å². The van der Waals surface area contributed by atoms with Crippen LogP contribution in [-0.4, -0.2) is 19.6 Å². The van der Waals surface area contributed by atoms with Gasteiger partial charge in [-0.1, -0.05) is 35.3 Å². The van der Waals surface area contributed by atoms with Crippen LogP contribution in [0.3, 0.4) is 0 Å². The molecule has 6 heteroatoms. The van der Waals surface area contributed by atoms with E-state index in [1.165, 1.54) is 11.3 Å². The van der Waals surface area contributed by atoms with Gasteiger partial charge in [0.05, 0.1) is 22.2 Å². The second kappa shape index (κ2) is 6.95. The van der Waals surface area contributed by atoms with Crippen LogP contribution in [0.2, 0.25) is 10.0 Å². The Kier molecular flexibility index (Phi) is 4.65. The second-order valence-corrected chi connectivity index (χ2v) is 7.92. The molecule has 0 saturated heterocycles. The summed E-state index contributed by atoms with van der Waals surface area (Å²) in [5.74, 6) is 0.770. The number of carbonyl (C=O) groups is 1. The molecule has 132 valence electrons. The number of carbonyl (C=O) groups excluding carboxylic acids is 1. The molecule has 0 bridgehead atoms. The molecule has 0 N–H and O–H groups in total. The van der Waals surface area contributed by atoms with Gasteiger partial charge in [-0.15, -0.1) is 11.3 Å². The predicted molar refractivity (Wildman–Crippen MR) is 108 cm³/mol. The molecule has 3 nitrogen and oxygen atoms in total. The first-order chi connectivity index (χ1) is 12.5. The zero-order chi connectivity index (χ0) is 18.3. The largest absolute Gasteiger partial charge is 0.493 e. The average molecular weight is 404 g/mol. The lowest BCUT2D eigenvalue weighted by Crippen LogP contribution is -2.25. The Hall–Kier alpha value is -2.01. The Morgan fingerprint density at radius 1 is 1.15 bits per heavy atom. The number of anilines is 1. The fraction of sp³-hybridized carbons (Fsp3) is 0.150. The molecule has 0 spiro atoms. The third kappa shape index (κ3) is 3.09. The van der Waals surface area contributed by atoms with Crippen molar-refractivity contribution in [1.29, 1.82) is 0 Å². The van der Waals surface area contributed by atoms with E-state index in [2.05, 4.69) is 0 Å². The minimum Gasteiger partial charge on any atom is -0.493 e. The molecule has 0 fully saturated rings. The molecule has 3 aromatic rings. The number of hydrogen-bond acceptors (Lipinski definition) is 3. The molecule has 1 aliphatic rings. The monoisotopic (exact) mass is 403 g/mol. The molecule has 0 atom stereocenters. The first-order valence-corrected chi connectivity index (χ1v) is 9.70. The zero-order valence-electron chi connectivity index (χ0n) is 14.0. The second-order valence-electron chi connectivity index (χ2n) is 6.02. The number of ether oxygens (including phenoxy) is 1. The highest BCUT2D eigenvalue weighted by Crippen LogP contribution is 2.41. The summed E-state index contributed by atoms with van der Waals surface area (Å²) >= 11 is 13.7. The molecular formula is C20H15Cl2NO2S. The standard InChI is InChI=1S/C20H15Cl2NO2S/c1-23(16-7-6-13(21)11-15(16)22)20(24)18-10-12-8-9-25-17-5-3-2-4-14(17)19(12)26-18/h2-7,10-11H,8-9H2,1H3. The number of rotatable bonds is 2. The fourth-order valence-electron chi connectivity index (χ4n) is 3.03. The van der Waals surface area contributed by atoms with Crippen molar-refractivity contribution in [2.75, 3.05) is 18.6 Å². The number of hydrogen-bond donors (Lipinski definition) is 0. The summed E-state index contributed by atoms with van der Waals surface area (Å²) in [5.41, 5.74) is 2.81. The summed E-state index contributed by atoms with van der Waals surface area (Å²) in [6, 6.07) is 15.0. The molecule has 0 aliphatic carbocycles. The van der Waals surface area contributed by atoms with Gasteiger partial charge in [0.2, 0.25) is 0 Å². The van der Waals surface area contributed by atoms with Crippen LogP contribution < -0.4 is 9.64 Å². The first-order valence-electron chi connectivity index (χ1n) is 8.12. The smallest absolute Gasteiger partial charge is 0.268 e. The number of halogens is 2. The lowest BCUT2D eigenvalue weighted by molar-refractivity contribution is 0.0997. The Morgan fingerprint density at radius 3 is 2.77 bits per heavy atom. The Labute approximate surface area is 165 Å². The van der Waals surface area contributed by atoms with Gasteiger partial charge < -0.3 is 9.64 Å². The SMILES string of the molecule is CN(C(=O)c1cc2c(s1)-c1ccccc1OCC2)c1ccc(Cl)cc1Cl. The van der Waals surface area contributed by atoms with Crippen molar-refractivity contribution in [3.05, 3.63) is 69.0 Å². The molecule has 26 heavy (non-hydrogen) atoms. The summed E-state index contributed by atoms with van der Waals surface area (Å²) in [7, 11) is 1.72. The van der Waals surface area contributed by atoms with Gasteiger partial charge in [-0.2, -0.15) is 0 Å². The number of nitrogens with zero attached hydrogens (tertiary/aromatic N) is 1. The Balaban J connectivity index is 1.71. The summed E-state index contributed by atoms with van der Waals surface area (Å²) in [5, 5.41) is 0.990. The highest BCUT2D eigenvalue weighted by atomic mass is 35.5. The van der Waals surface area contributed by atoms with Gasteiger partial charge in [0, 0.05) is 28.9 Å². The van der Waals surface area contributed by atoms with E-state index in [1.807, 2.05) is 30.3 Å². The molecule has 1 aromatic heterocycles. The van der Waals surface area contributed by atoms with Crippen LogP contribution in [0.15, 0.2) is 48.5 Å². The highest BCUT2D eigenvalue weighted by molar-refractivity contribution is 7.17. The highest BCUT2D eigenvalue weighted by Gasteiger charge is 2.23. The first kappa shape index (κ1) is 17.4. The summed E-state index contributed by atoms with van der Waals surface area (Å²) in [6.45, 7) is 0.604. The van der Waals surface area contributed by atoms with E-state index in [4.69, 9.17) is 27.9 Å². The van der Waals surface area contributed by atoms with Gasteiger partial charge in [0.1, 0.15) is 5.75 Å². The van der Waals surface area contributed by atoms with E-state index in [0.717, 1.165) is 28.2 Å². The van der Waals surface area contributed by atoms with Gasteiger partial charge in [0.25, 0.3) is 5.91 Å². The number of amides is 1. The van der Waals surface area contributed by atoms with E-state index in [9.17, 15) is 4.79 Å². The van der Waals surface area contributed by atoms with Crippen LogP contribution in [0.1, 0.15) is 15.2 Å². The predicted octanol–water partition coefficient (Wildman–Crippen LogP) is 5.93. The number of para-hydroxylation sites is 1. The van der Waals surface area contributed by atoms with Crippen molar-refractivity contribution in [3.8, 4) is 16.2 Å². The molecule has 2 aromatic carbocycles.